The molecule has 4 aromatic rings. The summed E-state index contributed by atoms with van der Waals surface area (Å²) in [7, 11) is 0. The number of benzene rings is 2. The Balaban J connectivity index is 1.51. The summed E-state index contributed by atoms with van der Waals surface area (Å²) in [5.41, 5.74) is 6.58. The van der Waals surface area contributed by atoms with Gasteiger partial charge in [0.25, 0.3) is 5.91 Å². The minimum atomic E-state index is -0.693. The van der Waals surface area contributed by atoms with Crippen LogP contribution in [0, 0.1) is 12.8 Å². The van der Waals surface area contributed by atoms with Gasteiger partial charge in [-0.1, -0.05) is 67.4 Å². The van der Waals surface area contributed by atoms with E-state index in [1.54, 1.807) is 12.3 Å². The van der Waals surface area contributed by atoms with Crippen LogP contribution in [0.25, 0.3) is 10.9 Å². The second-order valence-electron chi connectivity index (χ2n) is 9.13. The monoisotopic (exact) mass is 554 g/mol. The van der Waals surface area contributed by atoms with Gasteiger partial charge in [0, 0.05) is 33.6 Å². The van der Waals surface area contributed by atoms with Gasteiger partial charge in [-0.2, -0.15) is 5.10 Å². The number of nitrogens with one attached hydrogen (secondary N) is 2. The average molecular weight is 556 g/mol. The summed E-state index contributed by atoms with van der Waals surface area (Å²) >= 11 is 13.8. The number of nitrogens with zero attached hydrogens (tertiary/aromatic N) is 2. The second kappa shape index (κ2) is 11.9. The van der Waals surface area contributed by atoms with Gasteiger partial charge in [0.2, 0.25) is 5.91 Å². The van der Waals surface area contributed by atoms with Crippen LogP contribution in [0.1, 0.15) is 35.5 Å². The molecule has 2 aromatic carbocycles. The molecule has 192 valence electrons. The Kier molecular flexibility index (Phi) is 8.69. The van der Waals surface area contributed by atoms with Crippen LogP contribution in [0.3, 0.4) is 0 Å². The third-order valence-electron chi connectivity index (χ3n) is 6.15. The van der Waals surface area contributed by atoms with Crippen molar-refractivity contribution in [2.75, 3.05) is 0 Å². The van der Waals surface area contributed by atoms with Crippen molar-refractivity contribution in [3.05, 3.63) is 91.7 Å². The van der Waals surface area contributed by atoms with Crippen molar-refractivity contribution in [1.82, 2.24) is 15.3 Å². The number of rotatable bonds is 9. The number of carbonyl (C=O) groups is 2. The lowest BCUT2D eigenvalue weighted by molar-refractivity contribution is -0.129. The van der Waals surface area contributed by atoms with Crippen molar-refractivity contribution in [3.63, 3.8) is 0 Å². The standard InChI is InChI=1S/C28H28Cl2N4O2S/c1-17(2)27(32-26(35)14-20-7-6-12-37-20)28(36)33-31-15-22-18(3)34(25-9-5-4-8-21(22)25)16-19-10-11-23(29)24(30)13-19/h4-13,15,17,27H,14,16H2,1-3H3,(H,32,35)(H,33,36)/b31-15-. The summed E-state index contributed by atoms with van der Waals surface area (Å²) in [6.45, 7) is 6.40. The molecule has 9 heteroatoms. The van der Waals surface area contributed by atoms with E-state index < -0.39 is 6.04 Å². The maximum atomic E-state index is 12.9. The van der Waals surface area contributed by atoms with Crippen molar-refractivity contribution in [1.29, 1.82) is 0 Å². The Morgan fingerprint density at radius 3 is 2.57 bits per heavy atom. The minimum Gasteiger partial charge on any atom is -0.344 e. The number of hydrazone groups is 1. The van der Waals surface area contributed by atoms with Crippen molar-refractivity contribution in [2.24, 2.45) is 11.0 Å². The highest BCUT2D eigenvalue weighted by Crippen LogP contribution is 2.28. The Bertz CT molecular complexity index is 1440. The van der Waals surface area contributed by atoms with Crippen molar-refractivity contribution in [3.8, 4) is 0 Å². The summed E-state index contributed by atoms with van der Waals surface area (Å²) < 4.78 is 2.18. The van der Waals surface area contributed by atoms with Crippen LogP contribution in [0.2, 0.25) is 10.0 Å². The van der Waals surface area contributed by atoms with Crippen LogP contribution >= 0.6 is 34.5 Å². The Morgan fingerprint density at radius 1 is 1.08 bits per heavy atom. The van der Waals surface area contributed by atoms with E-state index in [1.165, 1.54) is 11.3 Å². The number of hydrogen-bond donors (Lipinski definition) is 2. The second-order valence-corrected chi connectivity index (χ2v) is 11.0. The fraction of sp³-hybridized carbons (Fsp3) is 0.250. The number of halogens is 2. The van der Waals surface area contributed by atoms with Gasteiger partial charge in [-0.05, 0) is 48.1 Å². The van der Waals surface area contributed by atoms with Gasteiger partial charge < -0.3 is 9.88 Å². The fourth-order valence-corrected chi connectivity index (χ4v) is 5.23. The highest BCUT2D eigenvalue weighted by Gasteiger charge is 2.24. The normalized spacial score (nSPS) is 12.4. The largest absolute Gasteiger partial charge is 0.344 e. The van der Waals surface area contributed by atoms with Crippen LogP contribution in [0.5, 0.6) is 0 Å². The van der Waals surface area contributed by atoms with Gasteiger partial charge in [0.1, 0.15) is 6.04 Å². The number of amides is 2. The van der Waals surface area contributed by atoms with Crippen LogP contribution in [-0.4, -0.2) is 28.6 Å². The summed E-state index contributed by atoms with van der Waals surface area (Å²) in [6, 6.07) is 16.8. The molecule has 2 aromatic heterocycles. The molecule has 0 radical (unpaired) electrons. The van der Waals surface area contributed by atoms with Crippen LogP contribution in [0.4, 0.5) is 0 Å². The third kappa shape index (κ3) is 6.42. The van der Waals surface area contributed by atoms with Gasteiger partial charge in [-0.25, -0.2) is 5.43 Å². The van der Waals surface area contributed by atoms with Gasteiger partial charge in [-0.15, -0.1) is 11.3 Å². The maximum Gasteiger partial charge on any atom is 0.262 e. The van der Waals surface area contributed by atoms with E-state index in [-0.39, 0.29) is 24.2 Å². The quantitative estimate of drug-likeness (QED) is 0.191. The number of aromatic nitrogens is 1. The Hall–Kier alpha value is -3.13. The highest BCUT2D eigenvalue weighted by molar-refractivity contribution is 7.10. The number of carbonyl (C=O) groups excluding carboxylic acids is 2. The van der Waals surface area contributed by atoms with Crippen LogP contribution < -0.4 is 10.7 Å². The first-order valence-corrected chi connectivity index (χ1v) is 13.5. The van der Waals surface area contributed by atoms with E-state index in [0.717, 1.165) is 32.6 Å². The SMILES string of the molecule is Cc1c(/C=N\NC(=O)C(NC(=O)Cc2cccs2)C(C)C)c2ccccc2n1Cc1ccc(Cl)c(Cl)c1. The number of thiophene rings is 1. The van der Waals surface area contributed by atoms with E-state index in [4.69, 9.17) is 23.2 Å². The van der Waals surface area contributed by atoms with Crippen LogP contribution in [0.15, 0.2) is 65.1 Å². The number of para-hydroxylation sites is 1. The lowest BCUT2D eigenvalue weighted by Crippen LogP contribution is -2.49. The molecule has 0 aliphatic heterocycles. The topological polar surface area (TPSA) is 75.5 Å². The molecule has 0 fully saturated rings. The summed E-state index contributed by atoms with van der Waals surface area (Å²) in [6.07, 6.45) is 1.90. The molecule has 0 saturated carbocycles. The zero-order valence-corrected chi connectivity index (χ0v) is 23.1. The Morgan fingerprint density at radius 2 is 1.86 bits per heavy atom. The molecule has 0 aliphatic carbocycles. The molecule has 1 unspecified atom stereocenters. The van der Waals surface area contributed by atoms with Crippen molar-refractivity contribution in [2.45, 2.75) is 39.8 Å². The molecular formula is C28H28Cl2N4O2S. The average Bonchev–Trinajstić information content (AvgIpc) is 3.46. The lowest BCUT2D eigenvalue weighted by Gasteiger charge is -2.20. The van der Waals surface area contributed by atoms with E-state index in [9.17, 15) is 9.59 Å². The Labute approximate surface area is 230 Å². The zero-order valence-electron chi connectivity index (χ0n) is 20.8. The molecule has 0 aliphatic rings. The molecule has 0 spiro atoms. The number of hydrogen-bond acceptors (Lipinski definition) is 4. The molecule has 37 heavy (non-hydrogen) atoms. The molecule has 2 heterocycles. The maximum absolute atomic E-state index is 12.9. The van der Waals surface area contributed by atoms with Gasteiger partial charge in [0.15, 0.2) is 0 Å². The fourth-order valence-electron chi connectivity index (χ4n) is 4.21. The van der Waals surface area contributed by atoms with E-state index >= 15 is 0 Å². The highest BCUT2D eigenvalue weighted by atomic mass is 35.5. The van der Waals surface area contributed by atoms with E-state index in [0.29, 0.717) is 16.6 Å². The van der Waals surface area contributed by atoms with Gasteiger partial charge in [-0.3, -0.25) is 9.59 Å². The van der Waals surface area contributed by atoms with Gasteiger partial charge >= 0.3 is 0 Å². The third-order valence-corrected chi connectivity index (χ3v) is 7.77. The van der Waals surface area contributed by atoms with Crippen molar-refractivity contribution < 1.29 is 9.59 Å². The molecule has 4 rings (SSSR count). The molecular weight excluding hydrogens is 527 g/mol. The zero-order chi connectivity index (χ0) is 26.5. The summed E-state index contributed by atoms with van der Waals surface area (Å²) in [5, 5.41) is 11.1. The first-order chi connectivity index (χ1) is 17.7. The predicted molar refractivity (Wildman–Crippen MR) is 153 cm³/mol. The number of fused-ring (bicyclic) bond motifs is 1. The molecule has 6 nitrogen and oxygen atoms in total. The smallest absolute Gasteiger partial charge is 0.262 e. The molecule has 0 saturated heterocycles. The van der Waals surface area contributed by atoms with Crippen LogP contribution in [-0.2, 0) is 22.6 Å². The first kappa shape index (κ1) is 26.9. The van der Waals surface area contributed by atoms with E-state index in [1.807, 2.05) is 74.7 Å². The summed E-state index contributed by atoms with van der Waals surface area (Å²) in [5.74, 6) is -0.651. The molecule has 2 amide bonds. The molecule has 2 N–H and O–H groups in total. The van der Waals surface area contributed by atoms with Crippen molar-refractivity contribution >= 4 is 63.5 Å². The summed E-state index contributed by atoms with van der Waals surface area (Å²) in [4.78, 5) is 26.3. The predicted octanol–water partition coefficient (Wildman–Crippen LogP) is 6.20. The minimum absolute atomic E-state index is 0.0997. The first-order valence-electron chi connectivity index (χ1n) is 11.9. The van der Waals surface area contributed by atoms with Gasteiger partial charge in [0.05, 0.1) is 22.7 Å². The lowest BCUT2D eigenvalue weighted by atomic mass is 10.0. The van der Waals surface area contributed by atoms with E-state index in [2.05, 4.69) is 20.4 Å². The molecule has 0 bridgehead atoms. The molecule has 1 atom stereocenters.